The van der Waals surface area contributed by atoms with Gasteiger partial charge in [-0.15, -0.1) is 0 Å². The van der Waals surface area contributed by atoms with Gasteiger partial charge in [0.15, 0.2) is 6.23 Å². The number of nitrogens with one attached hydrogen (secondary N) is 1. The zero-order chi connectivity index (χ0) is 17.0. The monoisotopic (exact) mass is 373 g/mol. The largest absolute Gasteiger partial charge is 0.394 e. The summed E-state index contributed by atoms with van der Waals surface area (Å²) in [5.74, 6) is 0.515. The molecule has 1 aromatic carbocycles. The fraction of sp³-hybridized carbons (Fsp3) is 0.533. The highest BCUT2D eigenvalue weighted by atomic mass is 35.5. The smallest absolute Gasteiger partial charge is 0.206 e. The molecule has 0 amide bonds. The van der Waals surface area contributed by atoms with E-state index < -0.39 is 24.5 Å². The number of hydrogen-bond acceptors (Lipinski definition) is 6. The Kier molecular flexibility index (Phi) is 4.11. The summed E-state index contributed by atoms with van der Waals surface area (Å²) >= 11 is 12.2. The molecule has 0 bridgehead atoms. The summed E-state index contributed by atoms with van der Waals surface area (Å²) in [6.45, 7) is -0.390. The van der Waals surface area contributed by atoms with Crippen LogP contribution in [-0.2, 0) is 4.74 Å². The molecule has 130 valence electrons. The number of aliphatic hydroxyl groups excluding tert-OH is 3. The van der Waals surface area contributed by atoms with Gasteiger partial charge in [-0.25, -0.2) is 4.98 Å². The van der Waals surface area contributed by atoms with E-state index in [1.807, 2.05) is 0 Å². The van der Waals surface area contributed by atoms with E-state index in [9.17, 15) is 15.3 Å². The molecule has 7 nitrogen and oxygen atoms in total. The fourth-order valence-electron chi connectivity index (χ4n) is 2.95. The molecule has 2 fully saturated rings. The first-order valence-electron chi connectivity index (χ1n) is 7.75. The summed E-state index contributed by atoms with van der Waals surface area (Å²) in [7, 11) is 0. The first-order valence-corrected chi connectivity index (χ1v) is 8.51. The van der Waals surface area contributed by atoms with Gasteiger partial charge in [0.25, 0.3) is 0 Å². The highest BCUT2D eigenvalue weighted by Crippen LogP contribution is 2.38. The molecule has 4 rings (SSSR count). The van der Waals surface area contributed by atoms with Gasteiger partial charge in [-0.1, -0.05) is 23.2 Å². The maximum atomic E-state index is 10.4. The molecule has 24 heavy (non-hydrogen) atoms. The SMILES string of the molecule is OC[C@H]1OC(n2c(NC3CC3)nc3cc(Cl)c(Cl)cc32)[C@H](O)[C@@H]1O. The molecule has 1 aliphatic heterocycles. The lowest BCUT2D eigenvalue weighted by Crippen LogP contribution is -2.33. The lowest BCUT2D eigenvalue weighted by molar-refractivity contribution is -0.0499. The third kappa shape index (κ3) is 2.65. The number of imidazole rings is 1. The number of hydrogen-bond donors (Lipinski definition) is 4. The van der Waals surface area contributed by atoms with Crippen LogP contribution in [0.15, 0.2) is 12.1 Å². The van der Waals surface area contributed by atoms with Crippen molar-refractivity contribution in [1.29, 1.82) is 0 Å². The predicted octanol–water partition coefficient (Wildman–Crippen LogP) is 1.53. The van der Waals surface area contributed by atoms with Gasteiger partial charge in [0, 0.05) is 6.04 Å². The molecule has 1 saturated carbocycles. The van der Waals surface area contributed by atoms with Crippen LogP contribution in [0, 0.1) is 0 Å². The first-order chi connectivity index (χ1) is 11.5. The van der Waals surface area contributed by atoms with Crippen molar-refractivity contribution >= 4 is 40.2 Å². The molecular formula is C15H17Cl2N3O4. The van der Waals surface area contributed by atoms with E-state index in [1.165, 1.54) is 0 Å². The first kappa shape index (κ1) is 16.4. The molecule has 2 aliphatic rings. The van der Waals surface area contributed by atoms with Gasteiger partial charge in [0.1, 0.15) is 18.3 Å². The standard InChI is InChI=1S/C15H17Cl2N3O4/c16-7-3-9-10(4-8(7)17)20(15(19-9)18-6-1-2-6)14-13(23)12(22)11(5-21)24-14/h3-4,6,11-14,21-23H,1-2,5H2,(H,18,19)/t11-,12-,13-,14?/m1/s1. The Balaban J connectivity index is 1.83. The van der Waals surface area contributed by atoms with Gasteiger partial charge in [-0.3, -0.25) is 4.57 Å². The van der Waals surface area contributed by atoms with Gasteiger partial charge in [-0.05, 0) is 25.0 Å². The van der Waals surface area contributed by atoms with Gasteiger partial charge in [-0.2, -0.15) is 0 Å². The summed E-state index contributed by atoms with van der Waals surface area (Å²) < 4.78 is 7.32. The second-order valence-corrected chi connectivity index (χ2v) is 7.02. The lowest BCUT2D eigenvalue weighted by Gasteiger charge is -2.20. The van der Waals surface area contributed by atoms with E-state index in [1.54, 1.807) is 16.7 Å². The third-order valence-electron chi connectivity index (χ3n) is 4.41. The predicted molar refractivity (Wildman–Crippen MR) is 89.4 cm³/mol. The Labute approximate surface area is 147 Å². The number of aliphatic hydroxyl groups is 3. The molecule has 0 spiro atoms. The second-order valence-electron chi connectivity index (χ2n) is 6.21. The van der Waals surface area contributed by atoms with Gasteiger partial charge in [0.2, 0.25) is 5.95 Å². The molecule has 4 atom stereocenters. The van der Waals surface area contributed by atoms with Crippen molar-refractivity contribution < 1.29 is 20.1 Å². The highest BCUT2D eigenvalue weighted by Gasteiger charge is 2.45. The molecule has 1 aliphatic carbocycles. The van der Waals surface area contributed by atoms with E-state index in [2.05, 4.69) is 10.3 Å². The number of halogens is 2. The minimum atomic E-state index is -1.20. The van der Waals surface area contributed by atoms with Crippen LogP contribution in [0.5, 0.6) is 0 Å². The lowest BCUT2D eigenvalue weighted by atomic mass is 10.1. The van der Waals surface area contributed by atoms with Crippen LogP contribution in [0.1, 0.15) is 19.1 Å². The van der Waals surface area contributed by atoms with Crippen molar-refractivity contribution in [1.82, 2.24) is 9.55 Å². The average Bonchev–Trinajstić information content (AvgIpc) is 3.25. The Morgan fingerprint density at radius 1 is 1.21 bits per heavy atom. The van der Waals surface area contributed by atoms with Crippen LogP contribution in [0.3, 0.4) is 0 Å². The summed E-state index contributed by atoms with van der Waals surface area (Å²) in [5.41, 5.74) is 1.23. The summed E-state index contributed by atoms with van der Waals surface area (Å²) in [5, 5.41) is 33.8. The molecule has 1 unspecified atom stereocenters. The zero-order valence-corrected chi connectivity index (χ0v) is 14.1. The summed E-state index contributed by atoms with van der Waals surface area (Å²) in [6.07, 6.45) is -2.05. The maximum absolute atomic E-state index is 10.4. The molecule has 2 aromatic rings. The van der Waals surface area contributed by atoms with Crippen molar-refractivity contribution in [2.75, 3.05) is 11.9 Å². The average molecular weight is 374 g/mol. The van der Waals surface area contributed by atoms with Crippen molar-refractivity contribution in [3.8, 4) is 0 Å². The second kappa shape index (κ2) is 6.01. The van der Waals surface area contributed by atoms with Gasteiger partial charge < -0.3 is 25.4 Å². The maximum Gasteiger partial charge on any atom is 0.206 e. The van der Waals surface area contributed by atoms with Gasteiger partial charge >= 0.3 is 0 Å². The van der Waals surface area contributed by atoms with E-state index in [4.69, 9.17) is 27.9 Å². The molecule has 1 saturated heterocycles. The number of aromatic nitrogens is 2. The number of fused-ring (bicyclic) bond motifs is 1. The van der Waals surface area contributed by atoms with Crippen LogP contribution >= 0.6 is 23.2 Å². The Morgan fingerprint density at radius 2 is 1.92 bits per heavy atom. The topological polar surface area (TPSA) is 99.8 Å². The summed E-state index contributed by atoms with van der Waals surface area (Å²) in [4.78, 5) is 4.52. The van der Waals surface area contributed by atoms with Crippen molar-refractivity contribution in [2.45, 2.75) is 43.4 Å². The number of benzene rings is 1. The van der Waals surface area contributed by atoms with E-state index >= 15 is 0 Å². The number of nitrogens with zero attached hydrogens (tertiary/aromatic N) is 2. The van der Waals surface area contributed by atoms with Crippen LogP contribution in [0.25, 0.3) is 11.0 Å². The Hall–Kier alpha value is -1.09. The molecule has 4 N–H and O–H groups in total. The van der Waals surface area contributed by atoms with Crippen LogP contribution in [0.4, 0.5) is 5.95 Å². The van der Waals surface area contributed by atoms with Crippen LogP contribution in [0.2, 0.25) is 10.0 Å². The fourth-order valence-corrected chi connectivity index (χ4v) is 3.27. The number of rotatable bonds is 4. The molecular weight excluding hydrogens is 357 g/mol. The highest BCUT2D eigenvalue weighted by molar-refractivity contribution is 6.42. The Morgan fingerprint density at radius 3 is 2.54 bits per heavy atom. The molecule has 1 aromatic heterocycles. The normalized spacial score (nSPS) is 30.2. The van der Waals surface area contributed by atoms with Crippen molar-refractivity contribution in [2.24, 2.45) is 0 Å². The van der Waals surface area contributed by atoms with Crippen LogP contribution < -0.4 is 5.32 Å². The molecule has 0 radical (unpaired) electrons. The van der Waals surface area contributed by atoms with E-state index in [0.29, 0.717) is 33.1 Å². The van der Waals surface area contributed by atoms with Crippen molar-refractivity contribution in [3.63, 3.8) is 0 Å². The Bertz CT molecular complexity index is 780. The van der Waals surface area contributed by atoms with Gasteiger partial charge in [0.05, 0.1) is 27.7 Å². The minimum Gasteiger partial charge on any atom is -0.394 e. The quantitative estimate of drug-likeness (QED) is 0.648. The molecule has 9 heteroatoms. The number of anilines is 1. The zero-order valence-electron chi connectivity index (χ0n) is 12.6. The minimum absolute atomic E-state index is 0.323. The van der Waals surface area contributed by atoms with Crippen molar-refractivity contribution in [3.05, 3.63) is 22.2 Å². The summed E-state index contributed by atoms with van der Waals surface area (Å²) in [6, 6.07) is 3.62. The molecule has 2 heterocycles. The number of ether oxygens (including phenoxy) is 1. The van der Waals surface area contributed by atoms with E-state index in [-0.39, 0.29) is 6.61 Å². The van der Waals surface area contributed by atoms with Crippen LogP contribution in [-0.4, -0.2) is 55.8 Å². The van der Waals surface area contributed by atoms with E-state index in [0.717, 1.165) is 12.8 Å². The third-order valence-corrected chi connectivity index (χ3v) is 5.14.